The molecular formula is C27H30FN3O3. The number of benzene rings is 3. The lowest BCUT2D eigenvalue weighted by atomic mass is 10.1. The van der Waals surface area contributed by atoms with Crippen LogP contribution in [0.3, 0.4) is 0 Å². The van der Waals surface area contributed by atoms with Gasteiger partial charge in [0.25, 0.3) is 0 Å². The lowest BCUT2D eigenvalue weighted by molar-refractivity contribution is 0.195. The highest BCUT2D eigenvalue weighted by molar-refractivity contribution is 5.72. The van der Waals surface area contributed by atoms with Crippen molar-refractivity contribution < 1.29 is 18.7 Å². The number of nitrogens with zero attached hydrogens (tertiary/aromatic N) is 2. The quantitative estimate of drug-likeness (QED) is 0.534. The Hall–Kier alpha value is -3.58. The molecule has 0 aromatic heterocycles. The smallest absolute Gasteiger partial charge is 0.413 e. The van der Waals surface area contributed by atoms with Crippen molar-refractivity contribution in [3.63, 3.8) is 0 Å². The van der Waals surface area contributed by atoms with Gasteiger partial charge in [0.2, 0.25) is 0 Å². The standard InChI is InChI=1S/C27H30FN3O3/c1-20(22-8-4-3-5-9-22)29-27(32)34-25-13-12-21(18-26(25)33-2)19-30-14-16-31(17-15-30)24-11-7-6-10-23(24)28/h3-13,18,20H,14-17,19H2,1-2H3,(H,29,32). The molecule has 0 spiro atoms. The van der Waals surface area contributed by atoms with E-state index >= 15 is 0 Å². The number of anilines is 1. The SMILES string of the molecule is COc1cc(CN2CCN(c3ccccc3F)CC2)ccc1OC(=O)NC(C)c1ccccc1. The van der Waals surface area contributed by atoms with E-state index in [1.54, 1.807) is 19.2 Å². The van der Waals surface area contributed by atoms with Gasteiger partial charge in [-0.05, 0) is 42.3 Å². The molecule has 1 aliphatic rings. The van der Waals surface area contributed by atoms with Crippen LogP contribution in [0.5, 0.6) is 11.5 Å². The van der Waals surface area contributed by atoms with Crippen LogP contribution in [0.25, 0.3) is 0 Å². The van der Waals surface area contributed by atoms with Gasteiger partial charge in [0.05, 0.1) is 18.8 Å². The number of halogens is 1. The number of amides is 1. The van der Waals surface area contributed by atoms with Crippen LogP contribution in [0.15, 0.2) is 72.8 Å². The number of para-hydroxylation sites is 1. The Labute approximate surface area is 199 Å². The monoisotopic (exact) mass is 463 g/mol. The fraction of sp³-hybridized carbons (Fsp3) is 0.296. The molecule has 1 fully saturated rings. The number of rotatable bonds is 7. The highest BCUT2D eigenvalue weighted by Gasteiger charge is 2.20. The van der Waals surface area contributed by atoms with Crippen molar-refractivity contribution in [2.45, 2.75) is 19.5 Å². The third-order valence-electron chi connectivity index (χ3n) is 6.04. The Bertz CT molecular complexity index is 1100. The van der Waals surface area contributed by atoms with Crippen LogP contribution in [-0.2, 0) is 6.54 Å². The average molecular weight is 464 g/mol. The summed E-state index contributed by atoms with van der Waals surface area (Å²) in [5, 5.41) is 2.84. The van der Waals surface area contributed by atoms with Crippen molar-refractivity contribution in [3.8, 4) is 11.5 Å². The van der Waals surface area contributed by atoms with E-state index in [0.29, 0.717) is 17.2 Å². The van der Waals surface area contributed by atoms with Gasteiger partial charge in [0, 0.05) is 32.7 Å². The van der Waals surface area contributed by atoms with Crippen molar-refractivity contribution in [1.82, 2.24) is 10.2 Å². The molecule has 34 heavy (non-hydrogen) atoms. The summed E-state index contributed by atoms with van der Waals surface area (Å²) < 4.78 is 25.1. The fourth-order valence-corrected chi connectivity index (χ4v) is 4.14. The number of carbonyl (C=O) groups is 1. The molecule has 178 valence electrons. The summed E-state index contributed by atoms with van der Waals surface area (Å²) in [5.41, 5.74) is 2.71. The highest BCUT2D eigenvalue weighted by Crippen LogP contribution is 2.29. The summed E-state index contributed by atoms with van der Waals surface area (Å²) in [7, 11) is 1.56. The second-order valence-corrected chi connectivity index (χ2v) is 8.37. The molecule has 0 aliphatic carbocycles. The summed E-state index contributed by atoms with van der Waals surface area (Å²) in [5.74, 6) is 0.692. The van der Waals surface area contributed by atoms with Crippen molar-refractivity contribution in [2.24, 2.45) is 0 Å². The van der Waals surface area contributed by atoms with Crippen molar-refractivity contribution in [1.29, 1.82) is 0 Å². The Kier molecular flexibility index (Phi) is 7.65. The number of nitrogens with one attached hydrogen (secondary N) is 1. The minimum atomic E-state index is -0.535. The Balaban J connectivity index is 1.32. The molecule has 4 rings (SSSR count). The molecule has 7 heteroatoms. The minimum Gasteiger partial charge on any atom is -0.493 e. The van der Waals surface area contributed by atoms with Gasteiger partial charge in [0.15, 0.2) is 11.5 Å². The second-order valence-electron chi connectivity index (χ2n) is 8.37. The van der Waals surface area contributed by atoms with E-state index in [1.807, 2.05) is 61.5 Å². The topological polar surface area (TPSA) is 54.0 Å². The van der Waals surface area contributed by atoms with E-state index in [0.717, 1.165) is 43.9 Å². The molecule has 1 saturated heterocycles. The predicted octanol–water partition coefficient (Wildman–Crippen LogP) is 5.01. The van der Waals surface area contributed by atoms with Gasteiger partial charge < -0.3 is 19.7 Å². The predicted molar refractivity (Wildman–Crippen MR) is 131 cm³/mol. The van der Waals surface area contributed by atoms with E-state index in [9.17, 15) is 9.18 Å². The van der Waals surface area contributed by atoms with Gasteiger partial charge >= 0.3 is 6.09 Å². The lowest BCUT2D eigenvalue weighted by Gasteiger charge is -2.36. The van der Waals surface area contributed by atoms with Crippen LogP contribution < -0.4 is 19.7 Å². The Morgan fingerprint density at radius 1 is 0.971 bits per heavy atom. The van der Waals surface area contributed by atoms with E-state index in [-0.39, 0.29) is 11.9 Å². The Morgan fingerprint density at radius 2 is 1.68 bits per heavy atom. The molecule has 1 aliphatic heterocycles. The van der Waals surface area contributed by atoms with Gasteiger partial charge in [-0.2, -0.15) is 0 Å². The third-order valence-corrected chi connectivity index (χ3v) is 6.04. The first-order valence-electron chi connectivity index (χ1n) is 11.5. The molecule has 0 bridgehead atoms. The van der Waals surface area contributed by atoms with E-state index in [2.05, 4.69) is 15.1 Å². The van der Waals surface area contributed by atoms with Crippen molar-refractivity contribution in [3.05, 3.63) is 89.7 Å². The zero-order chi connectivity index (χ0) is 23.9. The molecule has 1 amide bonds. The molecule has 0 radical (unpaired) electrons. The third kappa shape index (κ3) is 5.85. The van der Waals surface area contributed by atoms with Gasteiger partial charge in [-0.1, -0.05) is 48.5 Å². The van der Waals surface area contributed by atoms with E-state index in [4.69, 9.17) is 9.47 Å². The minimum absolute atomic E-state index is 0.179. The normalized spacial score (nSPS) is 15.0. The first-order chi connectivity index (χ1) is 16.5. The summed E-state index contributed by atoms with van der Waals surface area (Å²) in [6, 6.07) is 22.0. The largest absolute Gasteiger partial charge is 0.493 e. The molecule has 6 nitrogen and oxygen atoms in total. The fourth-order valence-electron chi connectivity index (χ4n) is 4.14. The van der Waals surface area contributed by atoms with Gasteiger partial charge in [-0.15, -0.1) is 0 Å². The molecule has 1 N–H and O–H groups in total. The molecule has 3 aromatic rings. The summed E-state index contributed by atoms with van der Waals surface area (Å²) >= 11 is 0. The van der Waals surface area contributed by atoms with Crippen LogP contribution in [-0.4, -0.2) is 44.3 Å². The number of hydrogen-bond donors (Lipinski definition) is 1. The first kappa shape index (κ1) is 23.6. The van der Waals surface area contributed by atoms with Crippen LogP contribution in [0.1, 0.15) is 24.1 Å². The van der Waals surface area contributed by atoms with Crippen LogP contribution in [0.2, 0.25) is 0 Å². The number of carbonyl (C=O) groups excluding carboxylic acids is 1. The molecular weight excluding hydrogens is 433 g/mol. The first-order valence-corrected chi connectivity index (χ1v) is 11.5. The van der Waals surface area contributed by atoms with Crippen LogP contribution in [0.4, 0.5) is 14.9 Å². The maximum Gasteiger partial charge on any atom is 0.413 e. The van der Waals surface area contributed by atoms with Gasteiger partial charge in [-0.3, -0.25) is 4.90 Å². The zero-order valence-electron chi connectivity index (χ0n) is 19.5. The van der Waals surface area contributed by atoms with Crippen molar-refractivity contribution in [2.75, 3.05) is 38.2 Å². The summed E-state index contributed by atoms with van der Waals surface area (Å²) in [6.45, 7) is 5.82. The van der Waals surface area contributed by atoms with Gasteiger partial charge in [-0.25, -0.2) is 9.18 Å². The molecule has 1 unspecified atom stereocenters. The molecule has 3 aromatic carbocycles. The van der Waals surface area contributed by atoms with Crippen LogP contribution >= 0.6 is 0 Å². The zero-order valence-corrected chi connectivity index (χ0v) is 19.5. The number of methoxy groups -OCH3 is 1. The maximum atomic E-state index is 14.1. The molecule has 0 saturated carbocycles. The maximum absolute atomic E-state index is 14.1. The number of hydrogen-bond acceptors (Lipinski definition) is 5. The number of ether oxygens (including phenoxy) is 2. The van der Waals surface area contributed by atoms with Crippen LogP contribution in [0, 0.1) is 5.82 Å². The van der Waals surface area contributed by atoms with E-state index < -0.39 is 6.09 Å². The summed E-state index contributed by atoms with van der Waals surface area (Å²) in [4.78, 5) is 16.8. The highest BCUT2D eigenvalue weighted by atomic mass is 19.1. The van der Waals surface area contributed by atoms with E-state index in [1.165, 1.54) is 6.07 Å². The second kappa shape index (κ2) is 11.0. The average Bonchev–Trinajstić information content (AvgIpc) is 2.86. The Morgan fingerprint density at radius 3 is 2.38 bits per heavy atom. The van der Waals surface area contributed by atoms with Crippen molar-refractivity contribution >= 4 is 11.8 Å². The summed E-state index contributed by atoms with van der Waals surface area (Å²) in [6.07, 6.45) is -0.535. The molecule has 1 atom stereocenters. The number of piperazine rings is 1. The van der Waals surface area contributed by atoms with Gasteiger partial charge in [0.1, 0.15) is 5.82 Å². The molecule has 1 heterocycles. The lowest BCUT2D eigenvalue weighted by Crippen LogP contribution is -2.46.